The number of hydrogen-bond donors (Lipinski definition) is 1. The van der Waals surface area contributed by atoms with E-state index in [2.05, 4.69) is 17.3 Å². The summed E-state index contributed by atoms with van der Waals surface area (Å²) in [6.45, 7) is 3.27. The number of piperidine rings is 2. The largest absolute Gasteiger partial charge is 0.496 e. The molecule has 1 aromatic carbocycles. The number of benzene rings is 1. The van der Waals surface area contributed by atoms with Crippen LogP contribution in [0.3, 0.4) is 0 Å². The van der Waals surface area contributed by atoms with Gasteiger partial charge in [0.2, 0.25) is 5.91 Å². The Bertz CT molecular complexity index is 656. The molecule has 0 radical (unpaired) electrons. The molecular weight excluding hydrogens is 342 g/mol. The Hall–Kier alpha value is -2.08. The zero-order valence-corrected chi connectivity index (χ0v) is 16.4. The highest BCUT2D eigenvalue weighted by molar-refractivity contribution is 5.96. The van der Waals surface area contributed by atoms with Gasteiger partial charge in [0.1, 0.15) is 5.75 Å². The van der Waals surface area contributed by atoms with Gasteiger partial charge in [-0.15, -0.1) is 0 Å². The molecule has 3 rings (SSSR count). The van der Waals surface area contributed by atoms with Gasteiger partial charge >= 0.3 is 0 Å². The number of ether oxygens (including phenoxy) is 1. The highest BCUT2D eigenvalue weighted by Crippen LogP contribution is 2.24. The summed E-state index contributed by atoms with van der Waals surface area (Å²) < 4.78 is 5.28. The Morgan fingerprint density at radius 3 is 2.59 bits per heavy atom. The maximum atomic E-state index is 13.1. The molecule has 0 aliphatic carbocycles. The van der Waals surface area contributed by atoms with Gasteiger partial charge in [-0.25, -0.2) is 0 Å². The SMILES string of the molecule is COc1ccccc1C(=O)NC[C@H]1CCCCN1C(=O)C1CCN(C)CC1. The second-order valence-electron chi connectivity index (χ2n) is 7.67. The number of likely N-dealkylation sites (tertiary alicyclic amines) is 2. The molecule has 0 saturated carbocycles. The van der Waals surface area contributed by atoms with Crippen LogP contribution < -0.4 is 10.1 Å². The van der Waals surface area contributed by atoms with Crippen molar-refractivity contribution >= 4 is 11.8 Å². The second-order valence-corrected chi connectivity index (χ2v) is 7.67. The minimum Gasteiger partial charge on any atom is -0.496 e. The average Bonchev–Trinajstić information content (AvgIpc) is 2.72. The lowest BCUT2D eigenvalue weighted by Crippen LogP contribution is -2.52. The van der Waals surface area contributed by atoms with Crippen LogP contribution in [0, 0.1) is 5.92 Å². The summed E-state index contributed by atoms with van der Waals surface area (Å²) >= 11 is 0. The van der Waals surface area contributed by atoms with Gasteiger partial charge in [-0.05, 0) is 64.4 Å². The lowest BCUT2D eigenvalue weighted by atomic mass is 9.92. The van der Waals surface area contributed by atoms with E-state index in [0.29, 0.717) is 17.9 Å². The zero-order chi connectivity index (χ0) is 19.2. The van der Waals surface area contributed by atoms with Crippen LogP contribution in [-0.4, -0.2) is 68.0 Å². The van der Waals surface area contributed by atoms with E-state index in [0.717, 1.165) is 51.7 Å². The van der Waals surface area contributed by atoms with Crippen molar-refractivity contribution in [2.45, 2.75) is 38.1 Å². The molecule has 148 valence electrons. The van der Waals surface area contributed by atoms with E-state index in [-0.39, 0.29) is 23.8 Å². The summed E-state index contributed by atoms with van der Waals surface area (Å²) in [4.78, 5) is 30.0. The van der Waals surface area contributed by atoms with Crippen LogP contribution >= 0.6 is 0 Å². The Balaban J connectivity index is 1.60. The number of rotatable bonds is 5. The predicted molar refractivity (Wildman–Crippen MR) is 105 cm³/mol. The van der Waals surface area contributed by atoms with Crippen molar-refractivity contribution < 1.29 is 14.3 Å². The quantitative estimate of drug-likeness (QED) is 0.859. The molecular formula is C21H31N3O3. The molecule has 0 spiro atoms. The van der Waals surface area contributed by atoms with Crippen LogP contribution in [-0.2, 0) is 4.79 Å². The zero-order valence-electron chi connectivity index (χ0n) is 16.4. The smallest absolute Gasteiger partial charge is 0.255 e. The third kappa shape index (κ3) is 4.80. The first-order valence-corrected chi connectivity index (χ1v) is 10.0. The van der Waals surface area contributed by atoms with Gasteiger partial charge < -0.3 is 19.9 Å². The van der Waals surface area contributed by atoms with Gasteiger partial charge in [-0.3, -0.25) is 9.59 Å². The van der Waals surface area contributed by atoms with E-state index in [1.807, 2.05) is 17.0 Å². The number of methoxy groups -OCH3 is 1. The first kappa shape index (κ1) is 19.7. The molecule has 2 aliphatic rings. The minimum absolute atomic E-state index is 0.0876. The molecule has 0 bridgehead atoms. The number of nitrogens with zero attached hydrogens (tertiary/aromatic N) is 2. The predicted octanol–water partition coefficient (Wildman–Crippen LogP) is 2.15. The molecule has 6 nitrogen and oxygen atoms in total. The highest BCUT2D eigenvalue weighted by Gasteiger charge is 2.33. The fourth-order valence-corrected chi connectivity index (χ4v) is 4.13. The topological polar surface area (TPSA) is 61.9 Å². The van der Waals surface area contributed by atoms with Gasteiger partial charge in [0.05, 0.1) is 12.7 Å². The summed E-state index contributed by atoms with van der Waals surface area (Å²) in [6.07, 6.45) is 4.98. The van der Waals surface area contributed by atoms with Crippen LogP contribution in [0.4, 0.5) is 0 Å². The summed E-state index contributed by atoms with van der Waals surface area (Å²) in [5.74, 6) is 0.827. The van der Waals surface area contributed by atoms with Crippen molar-refractivity contribution in [3.63, 3.8) is 0 Å². The number of hydrogen-bond acceptors (Lipinski definition) is 4. The fraction of sp³-hybridized carbons (Fsp3) is 0.619. The molecule has 2 aliphatic heterocycles. The fourth-order valence-electron chi connectivity index (χ4n) is 4.13. The normalized spacial score (nSPS) is 21.7. The van der Waals surface area contributed by atoms with E-state index < -0.39 is 0 Å². The van der Waals surface area contributed by atoms with Gasteiger partial charge in [0.15, 0.2) is 0 Å². The van der Waals surface area contributed by atoms with Crippen molar-refractivity contribution in [2.24, 2.45) is 5.92 Å². The molecule has 2 heterocycles. The molecule has 2 fully saturated rings. The van der Waals surface area contributed by atoms with E-state index in [1.165, 1.54) is 0 Å². The number of nitrogens with one attached hydrogen (secondary N) is 1. The molecule has 27 heavy (non-hydrogen) atoms. The Kier molecular flexibility index (Phi) is 6.72. The molecule has 1 aromatic rings. The summed E-state index contributed by atoms with van der Waals surface area (Å²) in [5.41, 5.74) is 0.531. The number of carbonyl (C=O) groups is 2. The molecule has 2 saturated heterocycles. The highest BCUT2D eigenvalue weighted by atomic mass is 16.5. The van der Waals surface area contributed by atoms with Crippen LogP contribution in [0.5, 0.6) is 5.75 Å². The Morgan fingerprint density at radius 1 is 1.11 bits per heavy atom. The molecule has 1 atom stereocenters. The summed E-state index contributed by atoms with van der Waals surface area (Å²) in [6, 6.07) is 7.30. The van der Waals surface area contributed by atoms with E-state index >= 15 is 0 Å². The second kappa shape index (κ2) is 9.22. The first-order valence-electron chi connectivity index (χ1n) is 10.0. The first-order chi connectivity index (χ1) is 13.1. The number of amides is 2. The van der Waals surface area contributed by atoms with E-state index in [1.54, 1.807) is 19.2 Å². The lowest BCUT2D eigenvalue weighted by Gasteiger charge is -2.39. The van der Waals surface area contributed by atoms with Crippen LogP contribution in [0.1, 0.15) is 42.5 Å². The minimum atomic E-state index is -0.148. The third-order valence-electron chi connectivity index (χ3n) is 5.83. The van der Waals surface area contributed by atoms with Crippen LogP contribution in [0.2, 0.25) is 0 Å². The van der Waals surface area contributed by atoms with Gasteiger partial charge in [0, 0.05) is 25.0 Å². The molecule has 0 unspecified atom stereocenters. The van der Waals surface area contributed by atoms with Gasteiger partial charge in [-0.2, -0.15) is 0 Å². The summed E-state index contributed by atoms with van der Waals surface area (Å²) in [7, 11) is 3.67. The van der Waals surface area contributed by atoms with E-state index in [4.69, 9.17) is 4.74 Å². The Morgan fingerprint density at radius 2 is 1.85 bits per heavy atom. The molecule has 1 N–H and O–H groups in total. The van der Waals surface area contributed by atoms with Crippen molar-refractivity contribution in [2.75, 3.05) is 40.3 Å². The van der Waals surface area contributed by atoms with Gasteiger partial charge in [0.25, 0.3) is 5.91 Å². The maximum Gasteiger partial charge on any atom is 0.255 e. The monoisotopic (exact) mass is 373 g/mol. The third-order valence-corrected chi connectivity index (χ3v) is 5.83. The van der Waals surface area contributed by atoms with Crippen LogP contribution in [0.25, 0.3) is 0 Å². The van der Waals surface area contributed by atoms with Crippen molar-refractivity contribution in [3.8, 4) is 5.75 Å². The number of carbonyl (C=O) groups excluding carboxylic acids is 2. The van der Waals surface area contributed by atoms with E-state index in [9.17, 15) is 9.59 Å². The van der Waals surface area contributed by atoms with Gasteiger partial charge in [-0.1, -0.05) is 12.1 Å². The van der Waals surface area contributed by atoms with Crippen molar-refractivity contribution in [1.82, 2.24) is 15.1 Å². The Labute approximate surface area is 161 Å². The molecule has 6 heteroatoms. The van der Waals surface area contributed by atoms with Crippen LogP contribution in [0.15, 0.2) is 24.3 Å². The average molecular weight is 373 g/mol. The molecule has 0 aromatic heterocycles. The molecule has 2 amide bonds. The van der Waals surface area contributed by atoms with Crippen molar-refractivity contribution in [3.05, 3.63) is 29.8 Å². The maximum absolute atomic E-state index is 13.1. The lowest BCUT2D eigenvalue weighted by molar-refractivity contribution is -0.140. The summed E-state index contributed by atoms with van der Waals surface area (Å²) in [5, 5.41) is 3.02. The van der Waals surface area contributed by atoms with Crippen molar-refractivity contribution in [1.29, 1.82) is 0 Å². The standard InChI is InChI=1S/C21H31N3O3/c1-23-13-10-16(11-14-23)21(26)24-12-6-5-7-17(24)15-22-20(25)18-8-3-4-9-19(18)27-2/h3-4,8-9,16-17H,5-7,10-15H2,1-2H3,(H,22,25)/t17-/m1/s1. The number of para-hydroxylation sites is 1.